The molecule has 0 aromatic rings. The van der Waals surface area contributed by atoms with Crippen molar-refractivity contribution in [2.75, 3.05) is 39.5 Å². The van der Waals surface area contributed by atoms with Gasteiger partial charge in [-0.1, -0.05) is 12.8 Å². The van der Waals surface area contributed by atoms with Crippen molar-refractivity contribution in [3.05, 3.63) is 6.92 Å². The molecule has 0 radical (unpaired) electrons. The van der Waals surface area contributed by atoms with Gasteiger partial charge in [0.25, 0.3) is 0 Å². The quantitative estimate of drug-likeness (QED) is 0.239. The van der Waals surface area contributed by atoms with Crippen LogP contribution in [0.4, 0.5) is 0 Å². The van der Waals surface area contributed by atoms with Crippen LogP contribution >= 0.6 is 0 Å². The number of hydrogen-bond donors (Lipinski definition) is 0. The molecule has 18 heavy (non-hydrogen) atoms. The zero-order chi connectivity index (χ0) is 12.3. The van der Waals surface area contributed by atoms with E-state index >= 15 is 0 Å². The number of carbonyl (C=O) groups is 1. The SMILES string of the molecule is [CH2-]CCCCCC(=O)OCCN1CCOCC1.[K+]. The van der Waals surface area contributed by atoms with Crippen LogP contribution in [0.5, 0.6) is 0 Å². The molecule has 1 fully saturated rings. The average molecular weight is 281 g/mol. The second-order valence-corrected chi connectivity index (χ2v) is 4.34. The van der Waals surface area contributed by atoms with Gasteiger partial charge in [-0.15, -0.1) is 0 Å². The Morgan fingerprint density at radius 3 is 2.61 bits per heavy atom. The second kappa shape index (κ2) is 13.0. The summed E-state index contributed by atoms with van der Waals surface area (Å²) in [5.74, 6) is -0.0673. The second-order valence-electron chi connectivity index (χ2n) is 4.34. The van der Waals surface area contributed by atoms with Gasteiger partial charge in [0.15, 0.2) is 0 Å². The van der Waals surface area contributed by atoms with E-state index in [0.29, 0.717) is 13.0 Å². The molecule has 4 nitrogen and oxygen atoms in total. The molecule has 100 valence electrons. The topological polar surface area (TPSA) is 38.8 Å². The van der Waals surface area contributed by atoms with E-state index < -0.39 is 0 Å². The van der Waals surface area contributed by atoms with Crippen molar-refractivity contribution in [3.63, 3.8) is 0 Å². The van der Waals surface area contributed by atoms with Crippen molar-refractivity contribution in [3.8, 4) is 0 Å². The van der Waals surface area contributed by atoms with Gasteiger partial charge in [0.05, 0.1) is 13.2 Å². The van der Waals surface area contributed by atoms with E-state index in [9.17, 15) is 4.79 Å². The molecule has 0 amide bonds. The van der Waals surface area contributed by atoms with Crippen molar-refractivity contribution >= 4 is 5.97 Å². The average Bonchev–Trinajstić information content (AvgIpc) is 2.36. The first-order valence-electron chi connectivity index (χ1n) is 6.58. The van der Waals surface area contributed by atoms with Crippen molar-refractivity contribution in [1.29, 1.82) is 0 Å². The minimum Gasteiger partial charge on any atom is -0.464 e. The molecule has 1 heterocycles. The van der Waals surface area contributed by atoms with Crippen molar-refractivity contribution < 1.29 is 65.7 Å². The molecule has 0 aliphatic carbocycles. The fourth-order valence-electron chi connectivity index (χ4n) is 1.81. The van der Waals surface area contributed by atoms with Crippen molar-refractivity contribution in [2.45, 2.75) is 32.1 Å². The van der Waals surface area contributed by atoms with Gasteiger partial charge in [0, 0.05) is 26.1 Å². The first kappa shape index (κ1) is 19.0. The third kappa shape index (κ3) is 9.89. The minimum absolute atomic E-state index is 0. The number of ether oxygens (including phenoxy) is 2. The van der Waals surface area contributed by atoms with E-state index in [1.807, 2.05) is 0 Å². The van der Waals surface area contributed by atoms with Crippen LogP contribution in [0.2, 0.25) is 0 Å². The van der Waals surface area contributed by atoms with E-state index in [4.69, 9.17) is 9.47 Å². The summed E-state index contributed by atoms with van der Waals surface area (Å²) in [6, 6.07) is 0. The minimum atomic E-state index is -0.0673. The van der Waals surface area contributed by atoms with Crippen LogP contribution < -0.4 is 51.4 Å². The molecule has 1 aliphatic heterocycles. The van der Waals surface area contributed by atoms with Crippen LogP contribution in [0.15, 0.2) is 0 Å². The summed E-state index contributed by atoms with van der Waals surface area (Å²) in [6.07, 6.45) is 4.59. The van der Waals surface area contributed by atoms with Gasteiger partial charge in [-0.2, -0.15) is 6.42 Å². The van der Waals surface area contributed by atoms with Gasteiger partial charge in [-0.3, -0.25) is 9.69 Å². The zero-order valence-electron chi connectivity index (χ0n) is 11.7. The molecule has 0 atom stereocenters. The summed E-state index contributed by atoms with van der Waals surface area (Å²) in [6.45, 7) is 8.58. The Morgan fingerprint density at radius 1 is 1.22 bits per heavy atom. The zero-order valence-corrected chi connectivity index (χ0v) is 14.8. The van der Waals surface area contributed by atoms with Crippen LogP contribution in [0.3, 0.4) is 0 Å². The molecule has 0 unspecified atom stereocenters. The fourth-order valence-corrected chi connectivity index (χ4v) is 1.81. The summed E-state index contributed by atoms with van der Waals surface area (Å²) in [5, 5.41) is 0. The van der Waals surface area contributed by atoms with Crippen LogP contribution in [0.1, 0.15) is 32.1 Å². The Balaban J connectivity index is 0.00000289. The summed E-state index contributed by atoms with van der Waals surface area (Å²) < 4.78 is 10.4. The molecule has 0 spiro atoms. The molecule has 0 N–H and O–H groups in total. The molecule has 0 bridgehead atoms. The summed E-state index contributed by atoms with van der Waals surface area (Å²) in [4.78, 5) is 13.6. The third-order valence-electron chi connectivity index (χ3n) is 2.91. The number of carbonyl (C=O) groups excluding carboxylic acids is 1. The Hall–Kier alpha value is 1.03. The smallest absolute Gasteiger partial charge is 0.464 e. The number of unbranched alkanes of at least 4 members (excludes halogenated alkanes) is 3. The van der Waals surface area contributed by atoms with E-state index in [1.54, 1.807) is 0 Å². The monoisotopic (exact) mass is 281 g/mol. The standard InChI is InChI=1S/C13H24NO3.K/c1-2-3-4-5-6-13(15)17-12-9-14-7-10-16-11-8-14;/h1-12H2;/q-1;+1. The van der Waals surface area contributed by atoms with Gasteiger partial charge < -0.3 is 16.4 Å². The van der Waals surface area contributed by atoms with Crippen LogP contribution in [-0.4, -0.2) is 50.3 Å². The van der Waals surface area contributed by atoms with Gasteiger partial charge in [-0.05, 0) is 6.42 Å². The third-order valence-corrected chi connectivity index (χ3v) is 2.91. The molecule has 1 saturated heterocycles. The molecule has 1 rings (SSSR count). The predicted molar refractivity (Wildman–Crippen MR) is 66.7 cm³/mol. The van der Waals surface area contributed by atoms with Crippen LogP contribution in [0.25, 0.3) is 0 Å². The number of hydrogen-bond acceptors (Lipinski definition) is 4. The van der Waals surface area contributed by atoms with Crippen molar-refractivity contribution in [2.24, 2.45) is 0 Å². The summed E-state index contributed by atoms with van der Waals surface area (Å²) in [5.41, 5.74) is 0. The molecule has 0 aromatic carbocycles. The van der Waals surface area contributed by atoms with Gasteiger partial charge in [-0.25, -0.2) is 0 Å². The van der Waals surface area contributed by atoms with E-state index in [1.165, 1.54) is 0 Å². The van der Waals surface area contributed by atoms with Gasteiger partial charge in [0.2, 0.25) is 0 Å². The number of nitrogens with zero attached hydrogens (tertiary/aromatic N) is 1. The maximum Gasteiger partial charge on any atom is 1.00 e. The Kier molecular flexibility index (Phi) is 13.8. The normalized spacial score (nSPS) is 16.1. The fraction of sp³-hybridized carbons (Fsp3) is 0.846. The molecule has 0 saturated carbocycles. The van der Waals surface area contributed by atoms with E-state index in [-0.39, 0.29) is 57.4 Å². The molecule has 0 aromatic heterocycles. The van der Waals surface area contributed by atoms with Crippen LogP contribution in [-0.2, 0) is 14.3 Å². The molecule has 1 aliphatic rings. The Morgan fingerprint density at radius 2 is 1.94 bits per heavy atom. The first-order chi connectivity index (χ1) is 8.33. The van der Waals surface area contributed by atoms with Crippen molar-refractivity contribution in [1.82, 2.24) is 4.90 Å². The molecular weight excluding hydrogens is 257 g/mol. The predicted octanol–water partition coefficient (Wildman–Crippen LogP) is -1.35. The largest absolute Gasteiger partial charge is 1.00 e. The summed E-state index contributed by atoms with van der Waals surface area (Å²) in [7, 11) is 0. The van der Waals surface area contributed by atoms with Crippen LogP contribution in [0, 0.1) is 6.92 Å². The first-order valence-corrected chi connectivity index (χ1v) is 6.58. The number of rotatable bonds is 8. The number of esters is 1. The Bertz CT molecular complexity index is 208. The maximum atomic E-state index is 11.4. The summed E-state index contributed by atoms with van der Waals surface area (Å²) >= 11 is 0. The molecular formula is C13H24KNO3. The maximum absolute atomic E-state index is 11.4. The number of morpholine rings is 1. The van der Waals surface area contributed by atoms with Gasteiger partial charge in [0.1, 0.15) is 6.61 Å². The van der Waals surface area contributed by atoms with E-state index in [2.05, 4.69) is 11.8 Å². The van der Waals surface area contributed by atoms with E-state index in [0.717, 1.165) is 58.5 Å². The molecule has 5 heteroatoms. The Labute approximate surface area is 153 Å². The van der Waals surface area contributed by atoms with Gasteiger partial charge >= 0.3 is 57.4 Å².